The molecule has 2 aromatic carbocycles. The predicted octanol–water partition coefficient (Wildman–Crippen LogP) is 5.67. The molecule has 0 saturated carbocycles. The molecule has 0 bridgehead atoms. The molecule has 3 aromatic rings. The molecule has 0 radical (unpaired) electrons. The molecule has 184 valence electrons. The van der Waals surface area contributed by atoms with Gasteiger partial charge < -0.3 is 19.5 Å². The van der Waals surface area contributed by atoms with E-state index in [-0.39, 0.29) is 22.7 Å². The summed E-state index contributed by atoms with van der Waals surface area (Å²) >= 11 is 1.15. The largest absolute Gasteiger partial charge is 0.573 e. The summed E-state index contributed by atoms with van der Waals surface area (Å²) in [6.07, 6.45) is -6.13. The molecule has 1 heterocycles. The maximum atomic E-state index is 12.7. The highest BCUT2D eigenvalue weighted by Crippen LogP contribution is 2.36. The molecule has 0 fully saturated rings. The molecule has 3 rings (SSSR count). The molecule has 35 heavy (non-hydrogen) atoms. The van der Waals surface area contributed by atoms with Crippen molar-refractivity contribution in [3.05, 3.63) is 71.8 Å². The van der Waals surface area contributed by atoms with Gasteiger partial charge in [-0.1, -0.05) is 30.3 Å². The van der Waals surface area contributed by atoms with Crippen LogP contribution in [0.15, 0.2) is 60.7 Å². The van der Waals surface area contributed by atoms with Gasteiger partial charge in [0.25, 0.3) is 5.91 Å². The molecule has 1 atom stereocenters. The van der Waals surface area contributed by atoms with Gasteiger partial charge in [-0.2, -0.15) is 0 Å². The highest BCUT2D eigenvalue weighted by molar-refractivity contribution is 7.20. The van der Waals surface area contributed by atoms with Crippen molar-refractivity contribution in [1.82, 2.24) is 0 Å². The lowest BCUT2D eigenvalue weighted by molar-refractivity contribution is -0.274. The van der Waals surface area contributed by atoms with E-state index in [0.717, 1.165) is 46.0 Å². The average molecular weight is 507 g/mol. The molecule has 7 nitrogen and oxygen atoms in total. The monoisotopic (exact) mass is 507 g/mol. The van der Waals surface area contributed by atoms with Crippen molar-refractivity contribution in [2.45, 2.75) is 26.3 Å². The van der Waals surface area contributed by atoms with Crippen LogP contribution in [0, 0.1) is 0 Å². The topological polar surface area (TPSA) is 90.9 Å². The van der Waals surface area contributed by atoms with Gasteiger partial charge in [0.05, 0.1) is 17.7 Å². The molecular weight excluding hydrogens is 487 g/mol. The molecule has 1 amide bonds. The Balaban J connectivity index is 1.71. The van der Waals surface area contributed by atoms with Crippen LogP contribution in [-0.4, -0.2) is 36.9 Å². The highest BCUT2D eigenvalue weighted by Gasteiger charge is 2.31. The number of hydrogen-bond donors (Lipinski definition) is 1. The average Bonchev–Trinajstić information content (AvgIpc) is 3.23. The van der Waals surface area contributed by atoms with Crippen LogP contribution in [0.5, 0.6) is 5.75 Å². The van der Waals surface area contributed by atoms with Crippen molar-refractivity contribution >= 4 is 34.2 Å². The van der Waals surface area contributed by atoms with Gasteiger partial charge in [0, 0.05) is 4.88 Å². The van der Waals surface area contributed by atoms with Crippen LogP contribution in [0.2, 0.25) is 0 Å². The van der Waals surface area contributed by atoms with Crippen LogP contribution in [-0.2, 0) is 14.3 Å². The van der Waals surface area contributed by atoms with Gasteiger partial charge in [-0.05, 0) is 49.7 Å². The van der Waals surface area contributed by atoms with Gasteiger partial charge in [0.2, 0.25) is 0 Å². The summed E-state index contributed by atoms with van der Waals surface area (Å²) < 4.78 is 50.8. The van der Waals surface area contributed by atoms with Crippen molar-refractivity contribution in [2.24, 2.45) is 0 Å². The van der Waals surface area contributed by atoms with E-state index in [2.05, 4.69) is 10.1 Å². The maximum Gasteiger partial charge on any atom is 0.573 e. The Morgan fingerprint density at radius 2 is 1.66 bits per heavy atom. The number of hydrogen-bond acceptors (Lipinski definition) is 7. The Hall–Kier alpha value is -3.86. The third-order valence-electron chi connectivity index (χ3n) is 4.50. The van der Waals surface area contributed by atoms with Crippen molar-refractivity contribution in [3.63, 3.8) is 0 Å². The molecule has 1 aromatic heterocycles. The molecule has 0 saturated heterocycles. The second kappa shape index (κ2) is 11.0. The first-order valence-electron chi connectivity index (χ1n) is 10.3. The van der Waals surface area contributed by atoms with Gasteiger partial charge in [-0.3, -0.25) is 4.79 Å². The lowest BCUT2D eigenvalue weighted by Gasteiger charge is -2.14. The van der Waals surface area contributed by atoms with Crippen LogP contribution < -0.4 is 10.1 Å². The molecule has 0 spiro atoms. The number of amides is 1. The number of carbonyl (C=O) groups excluding carboxylic acids is 3. The minimum Gasteiger partial charge on any atom is -0.462 e. The summed E-state index contributed by atoms with van der Waals surface area (Å²) in [4.78, 5) is 38.1. The number of halogens is 3. The first kappa shape index (κ1) is 25.8. The Morgan fingerprint density at radius 3 is 2.26 bits per heavy atom. The van der Waals surface area contributed by atoms with E-state index < -0.39 is 36.1 Å². The van der Waals surface area contributed by atoms with Gasteiger partial charge in [-0.25, -0.2) is 9.59 Å². The van der Waals surface area contributed by atoms with Crippen molar-refractivity contribution in [2.75, 3.05) is 11.9 Å². The van der Waals surface area contributed by atoms with Gasteiger partial charge in [0.15, 0.2) is 6.10 Å². The predicted molar refractivity (Wildman–Crippen MR) is 122 cm³/mol. The van der Waals surface area contributed by atoms with Crippen LogP contribution >= 0.6 is 11.3 Å². The van der Waals surface area contributed by atoms with E-state index in [0.29, 0.717) is 0 Å². The number of thiophene rings is 1. The van der Waals surface area contributed by atoms with E-state index >= 15 is 0 Å². The quantitative estimate of drug-likeness (QED) is 0.395. The van der Waals surface area contributed by atoms with E-state index in [1.807, 2.05) is 30.3 Å². The van der Waals surface area contributed by atoms with Gasteiger partial charge in [0.1, 0.15) is 10.8 Å². The Kier molecular flexibility index (Phi) is 8.13. The summed E-state index contributed by atoms with van der Waals surface area (Å²) in [5.41, 5.74) is 0.915. The van der Waals surface area contributed by atoms with Crippen LogP contribution in [0.4, 0.5) is 18.2 Å². The van der Waals surface area contributed by atoms with Crippen molar-refractivity contribution in [3.8, 4) is 16.2 Å². The third kappa shape index (κ3) is 7.06. The fourth-order valence-electron chi connectivity index (χ4n) is 2.88. The summed E-state index contributed by atoms with van der Waals surface area (Å²) in [6.45, 7) is 3.12. The first-order chi connectivity index (χ1) is 16.6. The van der Waals surface area contributed by atoms with E-state index in [1.165, 1.54) is 6.92 Å². The number of nitrogens with one attached hydrogen (secondary N) is 1. The second-order valence-corrected chi connectivity index (χ2v) is 8.10. The molecule has 0 aliphatic carbocycles. The van der Waals surface area contributed by atoms with Gasteiger partial charge in [-0.15, -0.1) is 24.5 Å². The van der Waals surface area contributed by atoms with Crippen molar-refractivity contribution < 1.29 is 41.8 Å². The summed E-state index contributed by atoms with van der Waals surface area (Å²) in [7, 11) is 0. The molecule has 0 unspecified atom stereocenters. The zero-order valence-corrected chi connectivity index (χ0v) is 19.4. The van der Waals surface area contributed by atoms with E-state index in [1.54, 1.807) is 13.0 Å². The lowest BCUT2D eigenvalue weighted by Crippen LogP contribution is -2.30. The molecule has 0 aliphatic rings. The Labute approximate surface area is 202 Å². The van der Waals surface area contributed by atoms with Crippen LogP contribution in [0.3, 0.4) is 0 Å². The fourth-order valence-corrected chi connectivity index (χ4v) is 3.93. The van der Waals surface area contributed by atoms with E-state index in [9.17, 15) is 27.6 Å². The number of anilines is 1. The summed E-state index contributed by atoms with van der Waals surface area (Å²) in [5, 5.41) is 2.81. The van der Waals surface area contributed by atoms with E-state index in [4.69, 9.17) is 9.47 Å². The second-order valence-electron chi connectivity index (χ2n) is 7.05. The third-order valence-corrected chi connectivity index (χ3v) is 5.60. The number of esters is 2. The molecule has 0 aliphatic heterocycles. The van der Waals surface area contributed by atoms with Crippen LogP contribution in [0.25, 0.3) is 10.4 Å². The number of carbonyl (C=O) groups is 3. The summed E-state index contributed by atoms with van der Waals surface area (Å²) in [5.74, 6) is -2.75. The minimum atomic E-state index is -4.86. The maximum absolute atomic E-state index is 12.7. The van der Waals surface area contributed by atoms with Crippen molar-refractivity contribution in [1.29, 1.82) is 0 Å². The zero-order valence-electron chi connectivity index (χ0n) is 18.5. The Bertz CT molecular complexity index is 1190. The lowest BCUT2D eigenvalue weighted by atomic mass is 10.1. The molecule has 1 N–H and O–H groups in total. The number of alkyl halides is 3. The number of rotatable bonds is 8. The number of benzene rings is 2. The fraction of sp³-hybridized carbons (Fsp3) is 0.208. The minimum absolute atomic E-state index is 0.0751. The first-order valence-corrected chi connectivity index (χ1v) is 11.1. The SMILES string of the molecule is CCOC(=O)c1cc(-c2ccccc2)sc1NC(=O)[C@H](C)OC(=O)c1ccc(OC(F)(F)F)cc1. The zero-order chi connectivity index (χ0) is 25.6. The molecule has 11 heteroatoms. The number of ether oxygens (including phenoxy) is 3. The summed E-state index contributed by atoms with van der Waals surface area (Å²) in [6, 6.07) is 14.9. The van der Waals surface area contributed by atoms with Gasteiger partial charge >= 0.3 is 18.3 Å². The highest BCUT2D eigenvalue weighted by atomic mass is 32.1. The normalized spacial score (nSPS) is 11.9. The molecular formula is C24H20F3NO6S. The standard InChI is InChI=1S/C24H20F3NO6S/c1-3-32-23(31)18-13-19(15-7-5-4-6-8-15)35-21(18)28-20(29)14(2)33-22(30)16-9-11-17(12-10-16)34-24(25,26)27/h4-14H,3H2,1-2H3,(H,28,29)/t14-/m0/s1. The smallest absolute Gasteiger partial charge is 0.462 e. The Morgan fingerprint density at radius 1 is 1.00 bits per heavy atom. The van der Waals surface area contributed by atoms with Crippen LogP contribution in [0.1, 0.15) is 34.6 Å².